The van der Waals surface area contributed by atoms with Gasteiger partial charge in [0.05, 0.1) is 18.6 Å². The van der Waals surface area contributed by atoms with Gasteiger partial charge in [-0.1, -0.05) is 13.8 Å². The molecule has 3 heterocycles. The van der Waals surface area contributed by atoms with Crippen molar-refractivity contribution in [1.29, 1.82) is 5.26 Å². The molecule has 0 aliphatic carbocycles. The van der Waals surface area contributed by atoms with Crippen LogP contribution in [0, 0.1) is 18.3 Å². The standard InChI is InChI=1S/C25H30N4O5/c1-5-28(6-2)8-7-9-29-15(3)10-18-22(25(29)30)21(17(13-26)24(27)34-18)16-11-19(31-4)23-20(12-16)32-14-33-23/h10-12,21H,5-9,14,27H2,1-4H3/t21-/m0/s1. The van der Waals surface area contributed by atoms with Gasteiger partial charge in [0.2, 0.25) is 18.4 Å². The van der Waals surface area contributed by atoms with Gasteiger partial charge in [-0.25, -0.2) is 0 Å². The molecule has 2 aromatic rings. The predicted molar refractivity (Wildman–Crippen MR) is 126 cm³/mol. The van der Waals surface area contributed by atoms with E-state index >= 15 is 0 Å². The summed E-state index contributed by atoms with van der Waals surface area (Å²) < 4.78 is 24.1. The second kappa shape index (κ2) is 9.69. The van der Waals surface area contributed by atoms with Gasteiger partial charge in [-0.15, -0.1) is 0 Å². The molecular formula is C25H30N4O5. The number of aromatic nitrogens is 1. The Morgan fingerprint density at radius 3 is 2.68 bits per heavy atom. The van der Waals surface area contributed by atoms with Gasteiger partial charge < -0.3 is 34.1 Å². The van der Waals surface area contributed by atoms with Crippen LogP contribution in [0.2, 0.25) is 0 Å². The van der Waals surface area contributed by atoms with Crippen molar-refractivity contribution in [2.75, 3.05) is 33.5 Å². The van der Waals surface area contributed by atoms with Gasteiger partial charge in [-0.2, -0.15) is 5.26 Å². The van der Waals surface area contributed by atoms with Gasteiger partial charge in [0.15, 0.2) is 11.5 Å². The van der Waals surface area contributed by atoms with Gasteiger partial charge in [-0.3, -0.25) is 4.79 Å². The number of pyridine rings is 1. The summed E-state index contributed by atoms with van der Waals surface area (Å²) in [7, 11) is 1.53. The number of allylic oxidation sites excluding steroid dienone is 1. The van der Waals surface area contributed by atoms with Crippen LogP contribution in [-0.2, 0) is 6.54 Å². The molecule has 0 saturated carbocycles. The molecule has 0 spiro atoms. The average Bonchev–Trinajstić information content (AvgIpc) is 3.31. The fourth-order valence-corrected chi connectivity index (χ4v) is 4.61. The van der Waals surface area contributed by atoms with Crippen LogP contribution < -0.4 is 30.2 Å². The van der Waals surface area contributed by atoms with Crippen molar-refractivity contribution in [3.8, 4) is 29.1 Å². The molecule has 1 aromatic carbocycles. The quantitative estimate of drug-likeness (QED) is 0.632. The third kappa shape index (κ3) is 4.05. The predicted octanol–water partition coefficient (Wildman–Crippen LogP) is 2.84. The van der Waals surface area contributed by atoms with E-state index in [4.69, 9.17) is 24.7 Å². The number of ether oxygens (including phenoxy) is 4. The zero-order valence-electron chi connectivity index (χ0n) is 20.0. The summed E-state index contributed by atoms with van der Waals surface area (Å²) in [6.07, 6.45) is 0.827. The Morgan fingerprint density at radius 2 is 2.00 bits per heavy atom. The summed E-state index contributed by atoms with van der Waals surface area (Å²) in [5, 5.41) is 9.94. The summed E-state index contributed by atoms with van der Waals surface area (Å²) in [6.45, 7) is 9.58. The first-order chi connectivity index (χ1) is 16.4. The van der Waals surface area contributed by atoms with Crippen molar-refractivity contribution in [3.05, 3.63) is 56.8 Å². The molecule has 1 atom stereocenters. The highest BCUT2D eigenvalue weighted by Gasteiger charge is 2.36. The highest BCUT2D eigenvalue weighted by molar-refractivity contribution is 5.61. The number of aryl methyl sites for hydroxylation is 1. The van der Waals surface area contributed by atoms with Crippen LogP contribution in [0.25, 0.3) is 0 Å². The van der Waals surface area contributed by atoms with Crippen molar-refractivity contribution in [1.82, 2.24) is 9.47 Å². The second-order valence-electron chi connectivity index (χ2n) is 8.28. The van der Waals surface area contributed by atoms with Gasteiger partial charge in [0.1, 0.15) is 17.4 Å². The highest BCUT2D eigenvalue weighted by atomic mass is 16.7. The van der Waals surface area contributed by atoms with Crippen molar-refractivity contribution in [2.45, 2.75) is 39.7 Å². The molecule has 0 unspecified atom stereocenters. The maximum absolute atomic E-state index is 13.8. The summed E-state index contributed by atoms with van der Waals surface area (Å²) >= 11 is 0. The minimum absolute atomic E-state index is 0.0188. The topological polar surface area (TPSA) is 112 Å². The molecule has 0 saturated heterocycles. The number of methoxy groups -OCH3 is 1. The SMILES string of the molecule is CCN(CC)CCCn1c(C)cc2c(c1=O)[C@@H](c1cc(OC)c3c(c1)OCO3)C(C#N)=C(N)O2. The molecule has 2 N–H and O–H groups in total. The Kier molecular flexibility index (Phi) is 6.70. The lowest BCUT2D eigenvalue weighted by Gasteiger charge is -2.28. The summed E-state index contributed by atoms with van der Waals surface area (Å²) in [5.74, 6) is 1.06. The smallest absolute Gasteiger partial charge is 0.258 e. The lowest BCUT2D eigenvalue weighted by Crippen LogP contribution is -2.33. The van der Waals surface area contributed by atoms with E-state index in [1.54, 1.807) is 16.7 Å². The Labute approximate surface area is 198 Å². The first-order valence-corrected chi connectivity index (χ1v) is 11.4. The molecule has 0 bridgehead atoms. The van der Waals surface area contributed by atoms with E-state index in [-0.39, 0.29) is 23.8 Å². The molecule has 0 radical (unpaired) electrons. The van der Waals surface area contributed by atoms with Crippen LogP contribution in [0.15, 0.2) is 34.4 Å². The van der Waals surface area contributed by atoms with E-state index in [0.717, 1.165) is 31.7 Å². The largest absolute Gasteiger partial charge is 0.493 e. The summed E-state index contributed by atoms with van der Waals surface area (Å²) in [6, 6.07) is 7.47. The van der Waals surface area contributed by atoms with Crippen LogP contribution in [0.5, 0.6) is 23.0 Å². The molecule has 2 aliphatic heterocycles. The van der Waals surface area contributed by atoms with Crippen molar-refractivity contribution in [3.63, 3.8) is 0 Å². The fourth-order valence-electron chi connectivity index (χ4n) is 4.61. The zero-order valence-corrected chi connectivity index (χ0v) is 20.0. The number of nitriles is 1. The molecule has 0 amide bonds. The third-order valence-corrected chi connectivity index (χ3v) is 6.45. The number of rotatable bonds is 8. The van der Waals surface area contributed by atoms with Crippen molar-refractivity contribution < 1.29 is 18.9 Å². The number of hydrogen-bond donors (Lipinski definition) is 1. The zero-order chi connectivity index (χ0) is 24.4. The van der Waals surface area contributed by atoms with E-state index in [1.165, 1.54) is 7.11 Å². The lowest BCUT2D eigenvalue weighted by atomic mass is 9.83. The molecule has 9 heteroatoms. The summed E-state index contributed by atoms with van der Waals surface area (Å²) in [5.41, 5.74) is 7.89. The maximum atomic E-state index is 13.8. The number of fused-ring (bicyclic) bond motifs is 2. The molecule has 0 fully saturated rings. The molecule has 9 nitrogen and oxygen atoms in total. The van der Waals surface area contributed by atoms with E-state index in [0.29, 0.717) is 40.7 Å². The van der Waals surface area contributed by atoms with Gasteiger partial charge >= 0.3 is 0 Å². The van der Waals surface area contributed by atoms with E-state index in [2.05, 4.69) is 24.8 Å². The van der Waals surface area contributed by atoms with E-state index in [9.17, 15) is 10.1 Å². The monoisotopic (exact) mass is 466 g/mol. The number of nitrogens with zero attached hydrogens (tertiary/aromatic N) is 3. The molecule has 34 heavy (non-hydrogen) atoms. The molecular weight excluding hydrogens is 436 g/mol. The lowest BCUT2D eigenvalue weighted by molar-refractivity contribution is 0.171. The molecule has 180 valence electrons. The highest BCUT2D eigenvalue weighted by Crippen LogP contribution is 2.47. The van der Waals surface area contributed by atoms with E-state index in [1.807, 2.05) is 13.0 Å². The summed E-state index contributed by atoms with van der Waals surface area (Å²) in [4.78, 5) is 16.1. The van der Waals surface area contributed by atoms with Crippen molar-refractivity contribution in [2.24, 2.45) is 5.73 Å². The minimum Gasteiger partial charge on any atom is -0.493 e. The Hall–Kier alpha value is -3.64. The van der Waals surface area contributed by atoms with Gasteiger partial charge in [0.25, 0.3) is 5.56 Å². The minimum atomic E-state index is -0.723. The normalized spacial score (nSPS) is 16.3. The third-order valence-electron chi connectivity index (χ3n) is 6.45. The molecule has 2 aliphatic rings. The molecule has 1 aromatic heterocycles. The Morgan fingerprint density at radius 1 is 1.24 bits per heavy atom. The second-order valence-corrected chi connectivity index (χ2v) is 8.28. The van der Waals surface area contributed by atoms with Crippen LogP contribution in [-0.4, -0.2) is 43.0 Å². The van der Waals surface area contributed by atoms with Gasteiger partial charge in [0, 0.05) is 18.3 Å². The Balaban J connectivity index is 1.82. The first-order valence-electron chi connectivity index (χ1n) is 11.4. The number of hydrogen-bond acceptors (Lipinski definition) is 8. The fraction of sp³-hybridized carbons (Fsp3) is 0.440. The Bertz CT molecular complexity index is 1220. The van der Waals surface area contributed by atoms with Gasteiger partial charge in [-0.05, 0) is 50.7 Å². The van der Waals surface area contributed by atoms with Crippen molar-refractivity contribution >= 4 is 0 Å². The first kappa shape index (κ1) is 23.5. The maximum Gasteiger partial charge on any atom is 0.258 e. The van der Waals surface area contributed by atoms with Crippen LogP contribution >= 0.6 is 0 Å². The van der Waals surface area contributed by atoms with Crippen LogP contribution in [0.4, 0.5) is 0 Å². The number of benzene rings is 1. The van der Waals surface area contributed by atoms with Crippen LogP contribution in [0.1, 0.15) is 43.0 Å². The average molecular weight is 467 g/mol. The molecule has 4 rings (SSSR count). The van der Waals surface area contributed by atoms with E-state index < -0.39 is 5.92 Å². The van der Waals surface area contributed by atoms with Crippen LogP contribution in [0.3, 0.4) is 0 Å². The number of nitrogens with two attached hydrogens (primary N) is 1.